The Bertz CT molecular complexity index is 1560. The van der Waals surface area contributed by atoms with Crippen LogP contribution in [-0.2, 0) is 7.05 Å². The molecular formula is C28H31ClF2N6O3. The van der Waals surface area contributed by atoms with Gasteiger partial charge in [-0.25, -0.2) is 13.8 Å². The number of hydrogen-bond donors (Lipinski definition) is 3. The molecule has 2 atom stereocenters. The zero-order valence-electron chi connectivity index (χ0n) is 22.1. The molecule has 4 aliphatic rings. The highest BCUT2D eigenvalue weighted by atomic mass is 35.5. The fourth-order valence-electron chi connectivity index (χ4n) is 6.56. The number of benzene rings is 1. The predicted molar refractivity (Wildman–Crippen MR) is 149 cm³/mol. The monoisotopic (exact) mass is 572 g/mol. The first-order valence-corrected chi connectivity index (χ1v) is 14.2. The van der Waals surface area contributed by atoms with Crippen molar-refractivity contribution in [2.45, 2.75) is 56.6 Å². The number of fused-ring (bicyclic) bond motifs is 3. The molecular weight excluding hydrogens is 542 g/mol. The summed E-state index contributed by atoms with van der Waals surface area (Å²) in [7, 11) is 1.60. The molecule has 9 nitrogen and oxygen atoms in total. The van der Waals surface area contributed by atoms with Crippen molar-refractivity contribution in [3.8, 4) is 5.75 Å². The molecule has 40 heavy (non-hydrogen) atoms. The van der Waals surface area contributed by atoms with Gasteiger partial charge in [-0.15, -0.1) is 0 Å². The average Bonchev–Trinajstić information content (AvgIpc) is 3.75. The summed E-state index contributed by atoms with van der Waals surface area (Å²) in [5, 5.41) is 17.7. The van der Waals surface area contributed by atoms with E-state index in [1.807, 2.05) is 4.90 Å². The summed E-state index contributed by atoms with van der Waals surface area (Å²) in [6.45, 7) is 0.399. The Kier molecular flexibility index (Phi) is 5.91. The third-order valence-electron chi connectivity index (χ3n) is 8.93. The molecule has 2 saturated carbocycles. The van der Waals surface area contributed by atoms with Crippen molar-refractivity contribution in [3.05, 3.63) is 39.8 Å². The van der Waals surface area contributed by atoms with Crippen molar-refractivity contribution in [2.24, 2.45) is 18.4 Å². The van der Waals surface area contributed by atoms with E-state index in [1.165, 1.54) is 17.2 Å². The van der Waals surface area contributed by atoms with Crippen molar-refractivity contribution in [1.29, 1.82) is 0 Å². The zero-order valence-corrected chi connectivity index (χ0v) is 22.8. The number of aryl methyl sites for hydroxylation is 1. The van der Waals surface area contributed by atoms with Gasteiger partial charge in [0.1, 0.15) is 5.02 Å². The first kappa shape index (κ1) is 25.8. The lowest BCUT2D eigenvalue weighted by molar-refractivity contribution is -0.0579. The van der Waals surface area contributed by atoms with Crippen molar-refractivity contribution >= 4 is 45.6 Å². The van der Waals surface area contributed by atoms with Crippen LogP contribution in [0.1, 0.15) is 38.5 Å². The van der Waals surface area contributed by atoms with E-state index < -0.39 is 30.2 Å². The molecule has 1 aromatic carbocycles. The molecule has 12 heteroatoms. The lowest BCUT2D eigenvalue weighted by Gasteiger charge is -2.50. The molecule has 2 aliphatic heterocycles. The summed E-state index contributed by atoms with van der Waals surface area (Å²) in [5.41, 5.74) is 1.10. The van der Waals surface area contributed by atoms with E-state index >= 15 is 0 Å². The van der Waals surface area contributed by atoms with E-state index in [0.717, 1.165) is 25.8 Å². The molecule has 0 amide bonds. The maximum atomic E-state index is 15.0. The first-order valence-electron chi connectivity index (χ1n) is 13.8. The number of aliphatic hydroxyl groups is 1. The standard InChI is InChI=1S/C28H31ClF2N6O3/c1-36-20-6-5-16(9-18(20)21-22(25(36)39)40-14-28(30,31)23(34-21)15-3-4-15)33-24-19(29)11-32-26(35-24)37-12-17(38)10-27(13-37)7-2-8-27/h5-6,9,11,15,17,23,34,38H,2-4,7-8,10,12-14H2,1H3,(H,32,33,35)/t17?,23-/m0/s1. The Hall–Kier alpha value is -3.18. The van der Waals surface area contributed by atoms with E-state index in [2.05, 4.69) is 15.6 Å². The maximum absolute atomic E-state index is 15.0. The third-order valence-corrected chi connectivity index (χ3v) is 9.20. The molecule has 3 N–H and O–H groups in total. The predicted octanol–water partition coefficient (Wildman–Crippen LogP) is 4.69. The maximum Gasteiger partial charge on any atom is 0.301 e. The van der Waals surface area contributed by atoms with Gasteiger partial charge < -0.3 is 29.9 Å². The lowest BCUT2D eigenvalue weighted by Crippen LogP contribution is -2.53. The van der Waals surface area contributed by atoms with Crippen LogP contribution in [0.4, 0.5) is 31.9 Å². The van der Waals surface area contributed by atoms with Gasteiger partial charge in [0, 0.05) is 31.2 Å². The van der Waals surface area contributed by atoms with Gasteiger partial charge in [-0.1, -0.05) is 18.0 Å². The van der Waals surface area contributed by atoms with Gasteiger partial charge in [0.15, 0.2) is 12.4 Å². The van der Waals surface area contributed by atoms with Crippen LogP contribution in [-0.4, -0.2) is 57.4 Å². The molecule has 1 spiro atoms. The highest BCUT2D eigenvalue weighted by Gasteiger charge is 2.51. The number of halogens is 3. The molecule has 1 unspecified atom stereocenters. The minimum Gasteiger partial charge on any atom is -0.480 e. The smallest absolute Gasteiger partial charge is 0.301 e. The van der Waals surface area contributed by atoms with Gasteiger partial charge in [0.05, 0.1) is 29.5 Å². The normalized spacial score (nSPS) is 25.0. The SMILES string of the molecule is Cn1c(=O)c2c(c3cc(Nc4nc(N5CC(O)CC6(CCC6)C5)ncc4Cl)ccc31)N[C@@H](C1CC1)C(F)(F)CO2. The van der Waals surface area contributed by atoms with Gasteiger partial charge in [0.2, 0.25) is 11.7 Å². The van der Waals surface area contributed by atoms with Crippen LogP contribution in [0.25, 0.3) is 10.9 Å². The van der Waals surface area contributed by atoms with Crippen LogP contribution < -0.4 is 25.8 Å². The van der Waals surface area contributed by atoms with Crippen LogP contribution in [0.2, 0.25) is 5.02 Å². The van der Waals surface area contributed by atoms with E-state index in [-0.39, 0.29) is 22.8 Å². The molecule has 0 radical (unpaired) electrons. The van der Waals surface area contributed by atoms with Gasteiger partial charge in [-0.05, 0) is 61.6 Å². The Balaban J connectivity index is 1.24. The van der Waals surface area contributed by atoms with E-state index in [1.54, 1.807) is 25.2 Å². The topological polar surface area (TPSA) is 105 Å². The molecule has 3 fully saturated rings. The number of anilines is 4. The van der Waals surface area contributed by atoms with E-state index in [4.69, 9.17) is 21.3 Å². The minimum atomic E-state index is -3.11. The van der Waals surface area contributed by atoms with E-state index in [0.29, 0.717) is 52.8 Å². The van der Waals surface area contributed by atoms with Crippen LogP contribution in [0.3, 0.4) is 0 Å². The third kappa shape index (κ3) is 4.34. The number of rotatable bonds is 4. The zero-order chi connectivity index (χ0) is 27.8. The summed E-state index contributed by atoms with van der Waals surface area (Å²) >= 11 is 6.49. The van der Waals surface area contributed by atoms with Crippen molar-refractivity contribution in [1.82, 2.24) is 14.5 Å². The lowest BCUT2D eigenvalue weighted by atomic mass is 9.64. The second kappa shape index (κ2) is 9.17. The second-order valence-corrected chi connectivity index (χ2v) is 12.3. The Labute approximate surface area is 234 Å². The number of nitrogens with zero attached hydrogens (tertiary/aromatic N) is 4. The highest BCUT2D eigenvalue weighted by Crippen LogP contribution is 2.48. The number of hydrogen-bond acceptors (Lipinski definition) is 8. The van der Waals surface area contributed by atoms with Crippen LogP contribution in [0.5, 0.6) is 5.75 Å². The van der Waals surface area contributed by atoms with Crippen molar-refractivity contribution in [2.75, 3.05) is 35.2 Å². The van der Waals surface area contributed by atoms with Gasteiger partial charge in [-0.3, -0.25) is 4.79 Å². The van der Waals surface area contributed by atoms with Crippen molar-refractivity contribution in [3.63, 3.8) is 0 Å². The Morgan fingerprint density at radius 3 is 2.80 bits per heavy atom. The number of alkyl halides is 2. The van der Waals surface area contributed by atoms with Crippen LogP contribution in [0, 0.1) is 11.3 Å². The highest BCUT2D eigenvalue weighted by molar-refractivity contribution is 6.33. The number of ether oxygens (including phenoxy) is 1. The fourth-order valence-corrected chi connectivity index (χ4v) is 6.70. The van der Waals surface area contributed by atoms with Crippen LogP contribution >= 0.6 is 11.6 Å². The quantitative estimate of drug-likeness (QED) is 0.414. The number of aromatic nitrogens is 3. The summed E-state index contributed by atoms with van der Waals surface area (Å²) in [5.74, 6) is -2.52. The molecule has 0 bridgehead atoms. The second-order valence-electron chi connectivity index (χ2n) is 11.9. The number of pyridine rings is 1. The molecule has 1 saturated heterocycles. The minimum absolute atomic E-state index is 0.106. The Morgan fingerprint density at radius 1 is 1.27 bits per heavy atom. The van der Waals surface area contributed by atoms with Gasteiger partial charge >= 0.3 is 5.92 Å². The summed E-state index contributed by atoms with van der Waals surface area (Å²) in [6.07, 6.45) is 6.68. The molecule has 7 rings (SSSR count). The van der Waals surface area contributed by atoms with E-state index in [9.17, 15) is 18.7 Å². The average molecular weight is 573 g/mol. The number of β-amino-alcohol motifs (C(OH)–C–C–N with tert-alkyl or cyclic N) is 1. The molecule has 2 aromatic heterocycles. The molecule has 212 valence electrons. The number of piperidine rings is 1. The molecule has 2 aliphatic carbocycles. The summed E-state index contributed by atoms with van der Waals surface area (Å²) in [6, 6.07) is 4.21. The van der Waals surface area contributed by atoms with Crippen molar-refractivity contribution < 1.29 is 18.6 Å². The first-order chi connectivity index (χ1) is 19.1. The fraction of sp³-hybridized carbons (Fsp3) is 0.536. The largest absolute Gasteiger partial charge is 0.480 e. The summed E-state index contributed by atoms with van der Waals surface area (Å²) < 4.78 is 36.8. The van der Waals surface area contributed by atoms with Gasteiger partial charge in [0.25, 0.3) is 5.56 Å². The number of aliphatic hydroxyl groups excluding tert-OH is 1. The Morgan fingerprint density at radius 2 is 2.08 bits per heavy atom. The summed E-state index contributed by atoms with van der Waals surface area (Å²) in [4.78, 5) is 24.2. The van der Waals surface area contributed by atoms with Gasteiger partial charge in [-0.2, -0.15) is 4.98 Å². The molecule has 3 aromatic rings. The van der Waals surface area contributed by atoms with Crippen LogP contribution in [0.15, 0.2) is 29.2 Å². The number of nitrogens with one attached hydrogen (secondary N) is 2. The molecule has 4 heterocycles.